The van der Waals surface area contributed by atoms with Crippen LogP contribution in [0.5, 0.6) is 0 Å². The Morgan fingerprint density at radius 1 is 1.23 bits per heavy atom. The monoisotopic (exact) mass is 357 g/mol. The lowest BCUT2D eigenvalue weighted by Gasteiger charge is -2.13. The molecular formula is C18H23N5O3. The summed E-state index contributed by atoms with van der Waals surface area (Å²) in [6, 6.07) is 3.00. The van der Waals surface area contributed by atoms with Crippen molar-refractivity contribution in [2.24, 2.45) is 0 Å². The van der Waals surface area contributed by atoms with Gasteiger partial charge in [-0.2, -0.15) is 5.10 Å². The molecule has 0 aromatic carbocycles. The number of hydrogen-bond acceptors (Lipinski definition) is 4. The van der Waals surface area contributed by atoms with E-state index >= 15 is 0 Å². The zero-order chi connectivity index (χ0) is 18.5. The largest absolute Gasteiger partial charge is 0.349 e. The number of rotatable bonds is 6. The molecule has 2 heterocycles. The molecule has 0 bridgehead atoms. The van der Waals surface area contributed by atoms with Gasteiger partial charge >= 0.3 is 0 Å². The summed E-state index contributed by atoms with van der Waals surface area (Å²) in [6.45, 7) is 2.48. The summed E-state index contributed by atoms with van der Waals surface area (Å²) in [4.78, 5) is 36.5. The number of nitrogens with zero attached hydrogens (tertiary/aromatic N) is 3. The second-order valence-electron chi connectivity index (χ2n) is 6.47. The van der Waals surface area contributed by atoms with E-state index in [1.54, 1.807) is 17.1 Å². The van der Waals surface area contributed by atoms with E-state index in [0.29, 0.717) is 17.8 Å². The van der Waals surface area contributed by atoms with Gasteiger partial charge in [0.25, 0.3) is 11.5 Å². The predicted molar refractivity (Wildman–Crippen MR) is 97.0 cm³/mol. The summed E-state index contributed by atoms with van der Waals surface area (Å²) in [7, 11) is 0. The van der Waals surface area contributed by atoms with Crippen LogP contribution in [0.3, 0.4) is 0 Å². The molecule has 26 heavy (non-hydrogen) atoms. The first kappa shape index (κ1) is 17.9. The van der Waals surface area contributed by atoms with Gasteiger partial charge in [0.1, 0.15) is 6.54 Å². The second kappa shape index (κ2) is 7.99. The number of aryl methyl sites for hydroxylation is 1. The molecule has 0 saturated heterocycles. The molecule has 3 rings (SSSR count). The van der Waals surface area contributed by atoms with Crippen molar-refractivity contribution < 1.29 is 9.59 Å². The Bertz CT molecular complexity index is 849. The van der Waals surface area contributed by atoms with Crippen molar-refractivity contribution in [1.29, 1.82) is 0 Å². The van der Waals surface area contributed by atoms with Crippen molar-refractivity contribution in [1.82, 2.24) is 19.7 Å². The van der Waals surface area contributed by atoms with Crippen LogP contribution in [0.1, 0.15) is 43.0 Å². The van der Waals surface area contributed by atoms with Crippen LogP contribution in [0.4, 0.5) is 5.69 Å². The highest BCUT2D eigenvalue weighted by Gasteiger charge is 2.18. The molecule has 1 fully saturated rings. The molecule has 8 heteroatoms. The van der Waals surface area contributed by atoms with Gasteiger partial charge in [-0.25, -0.2) is 0 Å². The third-order valence-electron chi connectivity index (χ3n) is 4.49. The number of nitrogens with one attached hydrogen (secondary N) is 2. The Morgan fingerprint density at radius 2 is 2.00 bits per heavy atom. The Morgan fingerprint density at radius 3 is 2.69 bits per heavy atom. The van der Waals surface area contributed by atoms with E-state index in [0.717, 1.165) is 25.7 Å². The number of aromatic nitrogens is 3. The van der Waals surface area contributed by atoms with Crippen LogP contribution >= 0.6 is 0 Å². The third kappa shape index (κ3) is 4.38. The molecule has 0 unspecified atom stereocenters. The molecule has 2 amide bonds. The first-order valence-electron chi connectivity index (χ1n) is 8.89. The Kier molecular flexibility index (Phi) is 5.50. The van der Waals surface area contributed by atoms with Gasteiger partial charge < -0.3 is 15.2 Å². The summed E-state index contributed by atoms with van der Waals surface area (Å²) in [5.41, 5.74) is 0.616. The maximum atomic E-state index is 12.3. The van der Waals surface area contributed by atoms with Gasteiger partial charge in [0.15, 0.2) is 0 Å². The van der Waals surface area contributed by atoms with Crippen LogP contribution in [-0.2, 0) is 17.9 Å². The van der Waals surface area contributed by atoms with E-state index in [-0.39, 0.29) is 30.0 Å². The van der Waals surface area contributed by atoms with Crippen LogP contribution in [0.15, 0.2) is 35.5 Å². The maximum absolute atomic E-state index is 12.3. The van der Waals surface area contributed by atoms with E-state index < -0.39 is 0 Å². The van der Waals surface area contributed by atoms with Gasteiger partial charge in [-0.1, -0.05) is 12.8 Å². The fourth-order valence-electron chi connectivity index (χ4n) is 3.08. The first-order chi connectivity index (χ1) is 12.5. The van der Waals surface area contributed by atoms with Gasteiger partial charge in [-0.05, 0) is 25.8 Å². The van der Waals surface area contributed by atoms with E-state index in [4.69, 9.17) is 0 Å². The van der Waals surface area contributed by atoms with Crippen LogP contribution in [0.2, 0.25) is 0 Å². The van der Waals surface area contributed by atoms with E-state index in [1.807, 2.05) is 6.92 Å². The summed E-state index contributed by atoms with van der Waals surface area (Å²) < 4.78 is 2.93. The Hall–Kier alpha value is -2.90. The topological polar surface area (TPSA) is 98.0 Å². The van der Waals surface area contributed by atoms with E-state index in [9.17, 15) is 14.4 Å². The highest BCUT2D eigenvalue weighted by molar-refractivity contribution is 5.94. The summed E-state index contributed by atoms with van der Waals surface area (Å²) in [5, 5.41) is 9.75. The maximum Gasteiger partial charge on any atom is 0.252 e. The number of hydrogen-bond donors (Lipinski definition) is 2. The van der Waals surface area contributed by atoms with E-state index in [1.165, 1.54) is 22.9 Å². The van der Waals surface area contributed by atoms with Gasteiger partial charge in [-0.3, -0.25) is 19.1 Å². The zero-order valence-electron chi connectivity index (χ0n) is 14.8. The molecule has 0 radical (unpaired) electrons. The summed E-state index contributed by atoms with van der Waals surface area (Å²) in [5.74, 6) is -0.564. The number of amides is 2. The van der Waals surface area contributed by atoms with Crippen LogP contribution in [-0.4, -0.2) is 32.2 Å². The fourth-order valence-corrected chi connectivity index (χ4v) is 3.08. The summed E-state index contributed by atoms with van der Waals surface area (Å²) >= 11 is 0. The first-order valence-corrected chi connectivity index (χ1v) is 8.89. The highest BCUT2D eigenvalue weighted by Crippen LogP contribution is 2.18. The zero-order valence-corrected chi connectivity index (χ0v) is 14.8. The molecule has 8 nitrogen and oxygen atoms in total. The molecule has 2 aromatic rings. The average Bonchev–Trinajstić information content (AvgIpc) is 3.28. The average molecular weight is 357 g/mol. The number of carbonyl (C=O) groups is 2. The van der Waals surface area contributed by atoms with Crippen molar-refractivity contribution in [2.75, 3.05) is 5.32 Å². The van der Waals surface area contributed by atoms with Crippen molar-refractivity contribution in [3.63, 3.8) is 0 Å². The van der Waals surface area contributed by atoms with E-state index in [2.05, 4.69) is 15.7 Å². The highest BCUT2D eigenvalue weighted by atomic mass is 16.2. The molecule has 1 aliphatic rings. The SMILES string of the molecule is CCn1cc(NC(=O)Cn2cc(C(=O)NC3CCCC3)ccc2=O)cn1. The molecule has 1 aliphatic carbocycles. The van der Waals surface area contributed by atoms with Gasteiger partial charge in [-0.15, -0.1) is 0 Å². The number of carbonyl (C=O) groups excluding carboxylic acids is 2. The molecule has 1 saturated carbocycles. The van der Waals surface area contributed by atoms with Crippen molar-refractivity contribution in [3.05, 3.63) is 46.6 Å². The molecule has 2 aromatic heterocycles. The molecule has 0 aliphatic heterocycles. The summed E-state index contributed by atoms with van der Waals surface area (Å²) in [6.07, 6.45) is 8.92. The quantitative estimate of drug-likeness (QED) is 0.816. The Labute approximate surface area is 151 Å². The molecule has 2 N–H and O–H groups in total. The minimum atomic E-state index is -0.351. The lowest BCUT2D eigenvalue weighted by Crippen LogP contribution is -2.34. The Balaban J connectivity index is 1.65. The van der Waals surface area contributed by atoms with Crippen molar-refractivity contribution >= 4 is 17.5 Å². The third-order valence-corrected chi connectivity index (χ3v) is 4.49. The predicted octanol–water partition coefficient (Wildman–Crippen LogP) is 1.38. The number of pyridine rings is 1. The van der Waals surface area contributed by atoms with Crippen LogP contribution in [0.25, 0.3) is 0 Å². The minimum Gasteiger partial charge on any atom is -0.349 e. The van der Waals surface area contributed by atoms with Crippen molar-refractivity contribution in [2.45, 2.75) is 51.7 Å². The molecule has 0 spiro atoms. The fraction of sp³-hybridized carbons (Fsp3) is 0.444. The van der Waals surface area contributed by atoms with Gasteiger partial charge in [0.05, 0.1) is 17.4 Å². The van der Waals surface area contributed by atoms with Gasteiger partial charge in [0.2, 0.25) is 5.91 Å². The molecule has 138 valence electrons. The molecule has 0 atom stereocenters. The second-order valence-corrected chi connectivity index (χ2v) is 6.47. The lowest BCUT2D eigenvalue weighted by molar-refractivity contribution is -0.116. The standard InChI is InChI=1S/C18H23N5O3/c1-2-23-11-15(9-19-23)20-16(24)12-22-10-13(7-8-17(22)25)18(26)21-14-5-3-4-6-14/h7-11,14H,2-6,12H2,1H3,(H,20,24)(H,21,26). The van der Waals surface area contributed by atoms with Crippen molar-refractivity contribution in [3.8, 4) is 0 Å². The number of anilines is 1. The van der Waals surface area contributed by atoms with Gasteiger partial charge in [0, 0.05) is 31.0 Å². The minimum absolute atomic E-state index is 0.166. The lowest BCUT2D eigenvalue weighted by atomic mass is 10.2. The smallest absolute Gasteiger partial charge is 0.252 e. The molecular weight excluding hydrogens is 334 g/mol. The van der Waals surface area contributed by atoms with Crippen LogP contribution < -0.4 is 16.2 Å². The normalized spacial score (nSPS) is 14.3. The van der Waals surface area contributed by atoms with Crippen LogP contribution in [0, 0.1) is 0 Å².